The minimum atomic E-state index is -0.818. The maximum Gasteiger partial charge on any atom is 0.269 e. The number of carbonyl (C=O) groups excluding carboxylic acids is 3. The van der Waals surface area contributed by atoms with E-state index in [-0.39, 0.29) is 12.5 Å². The first-order chi connectivity index (χ1) is 13.8. The Morgan fingerprint density at radius 3 is 2.28 bits per heavy atom. The zero-order valence-electron chi connectivity index (χ0n) is 17.1. The van der Waals surface area contributed by atoms with Gasteiger partial charge in [-0.05, 0) is 43.5 Å². The molecule has 154 valence electrons. The third-order valence-electron chi connectivity index (χ3n) is 4.30. The van der Waals surface area contributed by atoms with Crippen LogP contribution in [-0.2, 0) is 9.59 Å². The molecule has 7 heteroatoms. The Labute approximate surface area is 170 Å². The van der Waals surface area contributed by atoms with Crippen LogP contribution in [0.25, 0.3) is 0 Å². The first-order valence-corrected chi connectivity index (χ1v) is 9.42. The van der Waals surface area contributed by atoms with Crippen LogP contribution >= 0.6 is 0 Å². The zero-order chi connectivity index (χ0) is 21.4. The van der Waals surface area contributed by atoms with Crippen molar-refractivity contribution in [1.82, 2.24) is 16.2 Å². The van der Waals surface area contributed by atoms with Gasteiger partial charge in [-0.1, -0.05) is 49.7 Å². The van der Waals surface area contributed by atoms with Crippen molar-refractivity contribution in [3.8, 4) is 5.75 Å². The van der Waals surface area contributed by atoms with Crippen LogP contribution in [0.3, 0.4) is 0 Å². The van der Waals surface area contributed by atoms with Crippen LogP contribution in [0.15, 0.2) is 48.5 Å². The Kier molecular flexibility index (Phi) is 7.77. The molecule has 0 radical (unpaired) electrons. The highest BCUT2D eigenvalue weighted by Gasteiger charge is 2.25. The van der Waals surface area contributed by atoms with Gasteiger partial charge in [0.1, 0.15) is 11.8 Å². The molecule has 2 rings (SSSR count). The number of rotatable bonds is 7. The number of ether oxygens (including phenoxy) is 1. The molecular formula is C22H27N3O4. The van der Waals surface area contributed by atoms with E-state index < -0.39 is 23.8 Å². The summed E-state index contributed by atoms with van der Waals surface area (Å²) in [7, 11) is 0. The van der Waals surface area contributed by atoms with Gasteiger partial charge in [0.25, 0.3) is 17.7 Å². The fourth-order valence-corrected chi connectivity index (χ4v) is 2.75. The molecule has 0 fully saturated rings. The number of nitrogens with one attached hydrogen (secondary N) is 3. The SMILES string of the molecule is Cc1ccc(C(=O)NNC(=O)[C@@H](NC(=O)COc2ccccc2)C(C)C)c(C)c1. The van der Waals surface area contributed by atoms with Crippen molar-refractivity contribution in [2.45, 2.75) is 33.7 Å². The lowest BCUT2D eigenvalue weighted by Gasteiger charge is -2.22. The normalized spacial score (nSPS) is 11.5. The molecule has 0 aliphatic heterocycles. The van der Waals surface area contributed by atoms with Gasteiger partial charge in [-0.25, -0.2) is 0 Å². The van der Waals surface area contributed by atoms with Crippen LogP contribution < -0.4 is 20.9 Å². The summed E-state index contributed by atoms with van der Waals surface area (Å²) in [6, 6.07) is 13.5. The van der Waals surface area contributed by atoms with Crippen molar-refractivity contribution in [2.24, 2.45) is 5.92 Å². The molecular weight excluding hydrogens is 370 g/mol. The van der Waals surface area contributed by atoms with Crippen LogP contribution in [0.2, 0.25) is 0 Å². The van der Waals surface area contributed by atoms with E-state index in [2.05, 4.69) is 16.2 Å². The van der Waals surface area contributed by atoms with Crippen molar-refractivity contribution in [2.75, 3.05) is 6.61 Å². The number of aryl methyl sites for hydroxylation is 2. The van der Waals surface area contributed by atoms with E-state index >= 15 is 0 Å². The molecule has 0 aliphatic rings. The maximum absolute atomic E-state index is 12.5. The molecule has 0 saturated heterocycles. The van der Waals surface area contributed by atoms with E-state index in [1.54, 1.807) is 44.2 Å². The van der Waals surface area contributed by atoms with Crippen molar-refractivity contribution in [3.05, 3.63) is 65.2 Å². The molecule has 0 saturated carbocycles. The van der Waals surface area contributed by atoms with Gasteiger partial charge in [0.2, 0.25) is 0 Å². The number of carbonyl (C=O) groups is 3. The van der Waals surface area contributed by atoms with E-state index in [4.69, 9.17) is 4.74 Å². The number of hydrogen-bond acceptors (Lipinski definition) is 4. The van der Waals surface area contributed by atoms with Crippen molar-refractivity contribution in [3.63, 3.8) is 0 Å². The van der Waals surface area contributed by atoms with Crippen LogP contribution in [0.4, 0.5) is 0 Å². The molecule has 7 nitrogen and oxygen atoms in total. The summed E-state index contributed by atoms with van der Waals surface area (Å²) in [4.78, 5) is 37.0. The third kappa shape index (κ3) is 6.64. The summed E-state index contributed by atoms with van der Waals surface area (Å²) in [5, 5.41) is 2.64. The zero-order valence-corrected chi connectivity index (χ0v) is 17.1. The van der Waals surface area contributed by atoms with E-state index in [1.807, 2.05) is 32.0 Å². The van der Waals surface area contributed by atoms with Gasteiger partial charge in [0.15, 0.2) is 6.61 Å². The number of para-hydroxylation sites is 1. The van der Waals surface area contributed by atoms with E-state index in [9.17, 15) is 14.4 Å². The molecule has 0 aliphatic carbocycles. The Morgan fingerprint density at radius 1 is 0.966 bits per heavy atom. The van der Waals surface area contributed by atoms with Gasteiger partial charge in [0, 0.05) is 5.56 Å². The molecule has 2 aromatic carbocycles. The second-order valence-corrected chi connectivity index (χ2v) is 7.15. The largest absolute Gasteiger partial charge is 0.484 e. The molecule has 3 N–H and O–H groups in total. The summed E-state index contributed by atoms with van der Waals surface area (Å²) in [6.07, 6.45) is 0. The second kappa shape index (κ2) is 10.3. The Morgan fingerprint density at radius 2 is 1.66 bits per heavy atom. The lowest BCUT2D eigenvalue weighted by atomic mass is 10.0. The first-order valence-electron chi connectivity index (χ1n) is 9.42. The summed E-state index contributed by atoms with van der Waals surface area (Å²) in [5.41, 5.74) is 7.12. The van der Waals surface area contributed by atoms with Gasteiger partial charge in [-0.15, -0.1) is 0 Å². The maximum atomic E-state index is 12.5. The fraction of sp³-hybridized carbons (Fsp3) is 0.318. The van der Waals surface area contributed by atoms with Gasteiger partial charge >= 0.3 is 0 Å². The highest BCUT2D eigenvalue weighted by atomic mass is 16.5. The van der Waals surface area contributed by atoms with Gasteiger partial charge < -0.3 is 10.1 Å². The lowest BCUT2D eigenvalue weighted by molar-refractivity contribution is -0.131. The lowest BCUT2D eigenvalue weighted by Crippen LogP contribution is -2.55. The number of benzene rings is 2. The van der Waals surface area contributed by atoms with Gasteiger partial charge in [-0.3, -0.25) is 25.2 Å². The van der Waals surface area contributed by atoms with Crippen molar-refractivity contribution < 1.29 is 19.1 Å². The molecule has 1 atom stereocenters. The van der Waals surface area contributed by atoms with Crippen molar-refractivity contribution in [1.29, 1.82) is 0 Å². The highest BCUT2D eigenvalue weighted by Crippen LogP contribution is 2.10. The summed E-state index contributed by atoms with van der Waals surface area (Å²) in [6.45, 7) is 7.15. The standard InChI is InChI=1S/C22H27N3O4/c1-14(2)20(23-19(26)13-29-17-8-6-5-7-9-17)22(28)25-24-21(27)18-11-10-15(3)12-16(18)4/h5-12,14,20H,13H2,1-4H3,(H,23,26)(H,24,27)(H,25,28)/t20-/m0/s1. The van der Waals surface area contributed by atoms with Crippen LogP contribution in [0.1, 0.15) is 35.3 Å². The predicted molar refractivity (Wildman–Crippen MR) is 110 cm³/mol. The quantitative estimate of drug-likeness (QED) is 0.625. The average Bonchev–Trinajstić information content (AvgIpc) is 2.69. The molecule has 0 aromatic heterocycles. The summed E-state index contributed by atoms with van der Waals surface area (Å²) in [5.74, 6) is -0.978. The minimum Gasteiger partial charge on any atom is -0.484 e. The second-order valence-electron chi connectivity index (χ2n) is 7.15. The predicted octanol–water partition coefficient (Wildman–Crippen LogP) is 2.28. The molecule has 0 heterocycles. The van der Waals surface area contributed by atoms with E-state index in [0.29, 0.717) is 11.3 Å². The highest BCUT2D eigenvalue weighted by molar-refractivity contribution is 5.97. The summed E-state index contributed by atoms with van der Waals surface area (Å²) >= 11 is 0. The van der Waals surface area contributed by atoms with E-state index in [0.717, 1.165) is 11.1 Å². The molecule has 0 unspecified atom stereocenters. The number of amides is 3. The Hall–Kier alpha value is -3.35. The Balaban J connectivity index is 1.89. The smallest absolute Gasteiger partial charge is 0.269 e. The third-order valence-corrected chi connectivity index (χ3v) is 4.30. The molecule has 3 amide bonds. The molecule has 0 spiro atoms. The average molecular weight is 397 g/mol. The molecule has 29 heavy (non-hydrogen) atoms. The first kappa shape index (κ1) is 21.9. The van der Waals surface area contributed by atoms with Gasteiger partial charge in [0.05, 0.1) is 0 Å². The monoisotopic (exact) mass is 397 g/mol. The summed E-state index contributed by atoms with van der Waals surface area (Å²) < 4.78 is 5.39. The fourth-order valence-electron chi connectivity index (χ4n) is 2.75. The number of hydrogen-bond donors (Lipinski definition) is 3. The van der Waals surface area contributed by atoms with Crippen LogP contribution in [-0.4, -0.2) is 30.4 Å². The minimum absolute atomic E-state index is 0.186. The molecule has 2 aromatic rings. The Bertz CT molecular complexity index is 866. The van der Waals surface area contributed by atoms with E-state index in [1.165, 1.54) is 0 Å². The topological polar surface area (TPSA) is 96.5 Å². The van der Waals surface area contributed by atoms with Gasteiger partial charge in [-0.2, -0.15) is 0 Å². The number of hydrazine groups is 1. The van der Waals surface area contributed by atoms with Crippen molar-refractivity contribution >= 4 is 17.7 Å². The van der Waals surface area contributed by atoms with Crippen LogP contribution in [0.5, 0.6) is 5.75 Å². The molecule has 0 bridgehead atoms. The van der Waals surface area contributed by atoms with Crippen LogP contribution in [0, 0.1) is 19.8 Å².